The molecule has 0 bridgehead atoms. The first kappa shape index (κ1) is 12.2. The lowest BCUT2D eigenvalue weighted by Gasteiger charge is -2.22. The van der Waals surface area contributed by atoms with E-state index >= 15 is 0 Å². The zero-order valence-electron chi connectivity index (χ0n) is 10.4. The average molecular weight is 209 g/mol. The van der Waals surface area contributed by atoms with Crippen LogP contribution >= 0.6 is 0 Å². The second-order valence-corrected chi connectivity index (χ2v) is 4.75. The third-order valence-electron chi connectivity index (χ3n) is 2.99. The summed E-state index contributed by atoms with van der Waals surface area (Å²) in [6.07, 6.45) is 5.09. The van der Waals surface area contributed by atoms with Gasteiger partial charge in [-0.3, -0.25) is 0 Å². The highest BCUT2D eigenvalue weighted by Gasteiger charge is 2.14. The Kier molecular flexibility index (Phi) is 4.33. The quantitative estimate of drug-likeness (QED) is 0.780. The van der Waals surface area contributed by atoms with Gasteiger partial charge in [0, 0.05) is 25.5 Å². The van der Waals surface area contributed by atoms with Crippen LogP contribution in [-0.2, 0) is 13.1 Å². The summed E-state index contributed by atoms with van der Waals surface area (Å²) in [4.78, 5) is 4.33. The molecule has 0 atom stereocenters. The van der Waals surface area contributed by atoms with Crippen molar-refractivity contribution in [1.82, 2.24) is 14.9 Å². The Bertz CT molecular complexity index is 289. The summed E-state index contributed by atoms with van der Waals surface area (Å²) in [5.41, 5.74) is 0.379. The number of rotatable bonds is 6. The maximum atomic E-state index is 4.33. The lowest BCUT2D eigenvalue weighted by Crippen LogP contribution is -2.29. The van der Waals surface area contributed by atoms with Gasteiger partial charge in [-0.05, 0) is 18.8 Å². The molecule has 1 heterocycles. The molecule has 1 aromatic rings. The summed E-state index contributed by atoms with van der Waals surface area (Å²) < 4.78 is 2.17. The van der Waals surface area contributed by atoms with E-state index in [0.29, 0.717) is 5.41 Å². The molecule has 0 radical (unpaired) electrons. The summed E-state index contributed by atoms with van der Waals surface area (Å²) in [6.45, 7) is 11.8. The van der Waals surface area contributed by atoms with Crippen LogP contribution in [-0.4, -0.2) is 16.1 Å². The summed E-state index contributed by atoms with van der Waals surface area (Å²) in [7, 11) is 0. The molecule has 15 heavy (non-hydrogen) atoms. The van der Waals surface area contributed by atoms with Crippen LogP contribution in [0.1, 0.15) is 39.9 Å². The molecule has 1 aromatic heterocycles. The molecule has 86 valence electrons. The highest BCUT2D eigenvalue weighted by molar-refractivity contribution is 4.91. The fourth-order valence-corrected chi connectivity index (χ4v) is 1.43. The summed E-state index contributed by atoms with van der Waals surface area (Å²) in [5.74, 6) is 1.13. The standard InChI is InChI=1S/C12H23N3/c1-5-12(3,4)10-13-9-11-14-7-8-15(11)6-2/h7-8,13H,5-6,9-10H2,1-4H3. The average Bonchev–Trinajstić information content (AvgIpc) is 2.65. The Labute approximate surface area is 92.9 Å². The zero-order valence-corrected chi connectivity index (χ0v) is 10.4. The molecule has 0 aromatic carbocycles. The molecule has 0 aliphatic heterocycles. The minimum atomic E-state index is 0.379. The zero-order chi connectivity index (χ0) is 11.3. The number of aryl methyl sites for hydroxylation is 1. The van der Waals surface area contributed by atoms with Gasteiger partial charge in [0.25, 0.3) is 0 Å². The van der Waals surface area contributed by atoms with Crippen LogP contribution in [0.4, 0.5) is 0 Å². The second-order valence-electron chi connectivity index (χ2n) is 4.75. The van der Waals surface area contributed by atoms with Crippen molar-refractivity contribution in [1.29, 1.82) is 0 Å². The maximum Gasteiger partial charge on any atom is 0.122 e. The van der Waals surface area contributed by atoms with Gasteiger partial charge in [0.2, 0.25) is 0 Å². The van der Waals surface area contributed by atoms with Gasteiger partial charge in [0.1, 0.15) is 5.82 Å². The van der Waals surface area contributed by atoms with Crippen molar-refractivity contribution in [2.24, 2.45) is 5.41 Å². The molecule has 0 saturated heterocycles. The van der Waals surface area contributed by atoms with Crippen molar-refractivity contribution in [3.8, 4) is 0 Å². The number of aromatic nitrogens is 2. The van der Waals surface area contributed by atoms with Crippen LogP contribution in [0.25, 0.3) is 0 Å². The molecule has 0 aliphatic rings. The molecule has 0 fully saturated rings. The molecular formula is C12H23N3. The van der Waals surface area contributed by atoms with E-state index in [1.165, 1.54) is 6.42 Å². The molecule has 0 saturated carbocycles. The van der Waals surface area contributed by atoms with Gasteiger partial charge in [-0.25, -0.2) is 4.98 Å². The smallest absolute Gasteiger partial charge is 0.122 e. The summed E-state index contributed by atoms with van der Waals surface area (Å²) >= 11 is 0. The van der Waals surface area contributed by atoms with Gasteiger partial charge in [0.05, 0.1) is 6.54 Å². The van der Waals surface area contributed by atoms with Gasteiger partial charge in [-0.15, -0.1) is 0 Å². The van der Waals surface area contributed by atoms with E-state index < -0.39 is 0 Å². The molecule has 1 N–H and O–H groups in total. The molecule has 1 rings (SSSR count). The van der Waals surface area contributed by atoms with Crippen LogP contribution < -0.4 is 5.32 Å². The van der Waals surface area contributed by atoms with Gasteiger partial charge in [-0.2, -0.15) is 0 Å². The maximum absolute atomic E-state index is 4.33. The second kappa shape index (κ2) is 5.31. The molecular weight excluding hydrogens is 186 g/mol. The summed E-state index contributed by atoms with van der Waals surface area (Å²) in [6, 6.07) is 0. The number of imidazole rings is 1. The topological polar surface area (TPSA) is 29.9 Å². The Morgan fingerprint density at radius 3 is 2.73 bits per heavy atom. The van der Waals surface area contributed by atoms with Gasteiger partial charge in [-0.1, -0.05) is 20.8 Å². The Morgan fingerprint density at radius 1 is 1.40 bits per heavy atom. The Balaban J connectivity index is 2.38. The minimum absolute atomic E-state index is 0.379. The first-order valence-corrected chi connectivity index (χ1v) is 5.80. The normalized spacial score (nSPS) is 12.0. The largest absolute Gasteiger partial charge is 0.334 e. The SMILES string of the molecule is CCn1ccnc1CNCC(C)(C)CC. The molecule has 0 aliphatic carbocycles. The molecule has 0 amide bonds. The van der Waals surface area contributed by atoms with Crippen LogP contribution in [0.3, 0.4) is 0 Å². The number of nitrogens with one attached hydrogen (secondary N) is 1. The highest BCUT2D eigenvalue weighted by atomic mass is 15.1. The third kappa shape index (κ3) is 3.67. The number of hydrogen-bond acceptors (Lipinski definition) is 2. The van der Waals surface area contributed by atoms with Crippen molar-refractivity contribution >= 4 is 0 Å². The monoisotopic (exact) mass is 209 g/mol. The molecule has 3 heteroatoms. The third-order valence-corrected chi connectivity index (χ3v) is 2.99. The van der Waals surface area contributed by atoms with E-state index in [0.717, 1.165) is 25.5 Å². The van der Waals surface area contributed by atoms with Crippen molar-refractivity contribution in [3.05, 3.63) is 18.2 Å². The van der Waals surface area contributed by atoms with E-state index in [4.69, 9.17) is 0 Å². The van der Waals surface area contributed by atoms with Crippen molar-refractivity contribution in [3.63, 3.8) is 0 Å². The van der Waals surface area contributed by atoms with E-state index in [-0.39, 0.29) is 0 Å². The fourth-order valence-electron chi connectivity index (χ4n) is 1.43. The van der Waals surface area contributed by atoms with Crippen LogP contribution in [0.2, 0.25) is 0 Å². The predicted molar refractivity (Wildman–Crippen MR) is 63.7 cm³/mol. The number of hydrogen-bond donors (Lipinski definition) is 1. The first-order chi connectivity index (χ1) is 7.09. The van der Waals surface area contributed by atoms with Gasteiger partial charge >= 0.3 is 0 Å². The van der Waals surface area contributed by atoms with Crippen LogP contribution in [0.15, 0.2) is 12.4 Å². The summed E-state index contributed by atoms with van der Waals surface area (Å²) in [5, 5.41) is 3.47. The molecule has 3 nitrogen and oxygen atoms in total. The van der Waals surface area contributed by atoms with E-state index in [1.54, 1.807) is 0 Å². The van der Waals surface area contributed by atoms with E-state index in [1.807, 2.05) is 12.4 Å². The van der Waals surface area contributed by atoms with E-state index in [2.05, 4.69) is 42.6 Å². The van der Waals surface area contributed by atoms with Crippen molar-refractivity contribution in [2.75, 3.05) is 6.54 Å². The molecule has 0 unspecified atom stereocenters. The Hall–Kier alpha value is -0.830. The van der Waals surface area contributed by atoms with Crippen LogP contribution in [0.5, 0.6) is 0 Å². The highest BCUT2D eigenvalue weighted by Crippen LogP contribution is 2.17. The predicted octanol–water partition coefficient (Wildman–Crippen LogP) is 2.43. The lowest BCUT2D eigenvalue weighted by molar-refractivity contribution is 0.325. The van der Waals surface area contributed by atoms with Crippen molar-refractivity contribution < 1.29 is 0 Å². The van der Waals surface area contributed by atoms with Gasteiger partial charge < -0.3 is 9.88 Å². The van der Waals surface area contributed by atoms with Gasteiger partial charge in [0.15, 0.2) is 0 Å². The number of nitrogens with zero attached hydrogens (tertiary/aromatic N) is 2. The minimum Gasteiger partial charge on any atom is -0.334 e. The van der Waals surface area contributed by atoms with Crippen LogP contribution in [0, 0.1) is 5.41 Å². The lowest BCUT2D eigenvalue weighted by atomic mass is 9.90. The molecule has 0 spiro atoms. The van der Waals surface area contributed by atoms with Crippen molar-refractivity contribution in [2.45, 2.75) is 47.2 Å². The first-order valence-electron chi connectivity index (χ1n) is 5.80. The Morgan fingerprint density at radius 2 is 2.13 bits per heavy atom. The fraction of sp³-hybridized carbons (Fsp3) is 0.750. The van der Waals surface area contributed by atoms with E-state index in [9.17, 15) is 0 Å².